The number of thioether (sulfide) groups is 1. The Balaban J connectivity index is 1.49. The molecule has 1 aromatic heterocycles. The molecule has 172 valence electrons. The van der Waals surface area contributed by atoms with E-state index >= 15 is 0 Å². The highest BCUT2D eigenvalue weighted by Gasteiger charge is 2.36. The maximum atomic E-state index is 12.7. The molecule has 1 aliphatic heterocycles. The van der Waals surface area contributed by atoms with Gasteiger partial charge in [0.2, 0.25) is 5.91 Å². The van der Waals surface area contributed by atoms with Gasteiger partial charge in [0.1, 0.15) is 18.1 Å². The molecule has 34 heavy (non-hydrogen) atoms. The lowest BCUT2D eigenvalue weighted by atomic mass is 10.0. The molecule has 3 aromatic rings. The maximum absolute atomic E-state index is 12.7. The lowest BCUT2D eigenvalue weighted by molar-refractivity contribution is -0.255. The number of hydrogen-bond acceptors (Lipinski definition) is 7. The molecular formula is C25H19N2O6S-. The first-order valence-electron chi connectivity index (χ1n) is 10.3. The number of aryl methyl sites for hydroxylation is 1. The Morgan fingerprint density at radius 1 is 1.09 bits per heavy atom. The fourth-order valence-corrected chi connectivity index (χ4v) is 4.35. The molecule has 9 heteroatoms. The van der Waals surface area contributed by atoms with Gasteiger partial charge in [-0.05, 0) is 61.0 Å². The van der Waals surface area contributed by atoms with E-state index in [9.17, 15) is 24.3 Å². The SMILES string of the molecule is Cc1cccc(NC(=O)CN2C(=O)S/C(=C\c3ccc(-c4cccc(C(=O)[O-])c4C)o3)C2=O)c1. The molecule has 0 aliphatic carbocycles. The molecule has 3 amide bonds. The first kappa shape index (κ1) is 23.1. The topological polar surface area (TPSA) is 120 Å². The number of imide groups is 1. The number of amides is 3. The first-order valence-corrected chi connectivity index (χ1v) is 11.1. The van der Waals surface area contributed by atoms with Crippen LogP contribution in [0.2, 0.25) is 0 Å². The number of benzene rings is 2. The summed E-state index contributed by atoms with van der Waals surface area (Å²) in [5.41, 5.74) is 2.66. The Hall–Kier alpha value is -4.11. The molecule has 4 rings (SSSR count). The van der Waals surface area contributed by atoms with Crippen molar-refractivity contribution >= 4 is 46.5 Å². The van der Waals surface area contributed by atoms with Gasteiger partial charge in [-0.1, -0.05) is 30.3 Å². The summed E-state index contributed by atoms with van der Waals surface area (Å²) >= 11 is 0.715. The van der Waals surface area contributed by atoms with Crippen LogP contribution in [0.1, 0.15) is 27.2 Å². The number of nitrogens with one attached hydrogen (secondary N) is 1. The molecule has 1 aliphatic rings. The number of furan rings is 1. The molecule has 0 atom stereocenters. The minimum Gasteiger partial charge on any atom is -0.545 e. The molecule has 8 nitrogen and oxygen atoms in total. The van der Waals surface area contributed by atoms with Gasteiger partial charge in [-0.15, -0.1) is 0 Å². The average Bonchev–Trinajstić information content (AvgIpc) is 3.34. The summed E-state index contributed by atoms with van der Waals surface area (Å²) in [6.45, 7) is 3.13. The van der Waals surface area contributed by atoms with Crippen molar-refractivity contribution in [3.05, 3.63) is 82.0 Å². The quantitative estimate of drug-likeness (QED) is 0.541. The van der Waals surface area contributed by atoms with E-state index in [0.717, 1.165) is 10.5 Å². The van der Waals surface area contributed by atoms with Crippen molar-refractivity contribution < 1.29 is 28.7 Å². The van der Waals surface area contributed by atoms with Crippen LogP contribution >= 0.6 is 11.8 Å². The number of carbonyl (C=O) groups excluding carboxylic acids is 4. The third-order valence-corrected chi connectivity index (χ3v) is 6.10. The minimum atomic E-state index is -1.29. The standard InChI is InChI=1S/C25H20N2O6S/c1-14-5-3-6-16(11-14)26-22(28)13-27-23(29)21(34-25(27)32)12-17-9-10-20(33-17)18-7-4-8-19(15(18)2)24(30)31/h3-12H,13H2,1-2H3,(H,26,28)(H,30,31)/p-1/b21-12-. The van der Waals surface area contributed by atoms with E-state index in [0.29, 0.717) is 40.1 Å². The van der Waals surface area contributed by atoms with Crippen LogP contribution in [0.25, 0.3) is 17.4 Å². The summed E-state index contributed by atoms with van der Waals surface area (Å²) in [6.07, 6.45) is 1.42. The van der Waals surface area contributed by atoms with Gasteiger partial charge in [-0.3, -0.25) is 19.3 Å². The molecule has 1 saturated heterocycles. The van der Waals surface area contributed by atoms with Crippen LogP contribution in [0.5, 0.6) is 0 Å². The normalized spacial score (nSPS) is 14.6. The molecule has 0 spiro atoms. The van der Waals surface area contributed by atoms with Gasteiger partial charge in [0.05, 0.1) is 10.9 Å². The zero-order valence-electron chi connectivity index (χ0n) is 18.3. The smallest absolute Gasteiger partial charge is 0.294 e. The summed E-state index contributed by atoms with van der Waals surface area (Å²) < 4.78 is 5.77. The molecule has 0 saturated carbocycles. The molecule has 0 unspecified atom stereocenters. The van der Waals surface area contributed by atoms with E-state index in [1.165, 1.54) is 12.1 Å². The zero-order valence-corrected chi connectivity index (χ0v) is 19.1. The molecule has 0 bridgehead atoms. The number of nitrogens with zero attached hydrogens (tertiary/aromatic N) is 1. The van der Waals surface area contributed by atoms with Crippen LogP contribution < -0.4 is 10.4 Å². The van der Waals surface area contributed by atoms with E-state index < -0.39 is 29.6 Å². The molecular weight excluding hydrogens is 456 g/mol. The van der Waals surface area contributed by atoms with E-state index in [1.807, 2.05) is 13.0 Å². The molecule has 1 N–H and O–H groups in total. The van der Waals surface area contributed by atoms with E-state index in [4.69, 9.17) is 4.42 Å². The number of rotatable bonds is 6. The number of carbonyl (C=O) groups is 4. The largest absolute Gasteiger partial charge is 0.545 e. The third kappa shape index (κ3) is 4.79. The monoisotopic (exact) mass is 475 g/mol. The van der Waals surface area contributed by atoms with E-state index in [2.05, 4.69) is 5.32 Å². The molecule has 2 aromatic carbocycles. The summed E-state index contributed by atoms with van der Waals surface area (Å²) in [7, 11) is 0. The number of anilines is 1. The van der Waals surface area contributed by atoms with Crippen molar-refractivity contribution in [2.45, 2.75) is 13.8 Å². The van der Waals surface area contributed by atoms with Gasteiger partial charge in [0.25, 0.3) is 11.1 Å². The number of carboxylic acid groups (broad SMARTS) is 1. The second kappa shape index (κ2) is 9.40. The fraction of sp³-hybridized carbons (Fsp3) is 0.120. The highest BCUT2D eigenvalue weighted by molar-refractivity contribution is 8.18. The van der Waals surface area contributed by atoms with Crippen molar-refractivity contribution in [1.82, 2.24) is 4.90 Å². The Morgan fingerprint density at radius 3 is 2.59 bits per heavy atom. The van der Waals surface area contributed by atoms with Crippen LogP contribution in [0.3, 0.4) is 0 Å². The lowest BCUT2D eigenvalue weighted by Gasteiger charge is -2.12. The summed E-state index contributed by atoms with van der Waals surface area (Å²) in [5, 5.41) is 13.4. The van der Waals surface area contributed by atoms with Crippen LogP contribution in [0.15, 0.2) is 63.9 Å². The van der Waals surface area contributed by atoms with Crippen molar-refractivity contribution in [3.8, 4) is 11.3 Å². The van der Waals surface area contributed by atoms with E-state index in [1.54, 1.807) is 49.4 Å². The highest BCUT2D eigenvalue weighted by Crippen LogP contribution is 2.34. The zero-order chi connectivity index (χ0) is 24.4. The Morgan fingerprint density at radius 2 is 1.85 bits per heavy atom. The fourth-order valence-electron chi connectivity index (χ4n) is 3.53. The van der Waals surface area contributed by atoms with Crippen molar-refractivity contribution in [2.75, 3.05) is 11.9 Å². The predicted octanol–water partition coefficient (Wildman–Crippen LogP) is 3.60. The lowest BCUT2D eigenvalue weighted by Crippen LogP contribution is -2.36. The number of aromatic carboxylic acids is 1. The van der Waals surface area contributed by atoms with Gasteiger partial charge in [0, 0.05) is 22.9 Å². The number of carboxylic acids is 1. The number of hydrogen-bond donors (Lipinski definition) is 1. The minimum absolute atomic E-state index is 0.0560. The molecule has 0 radical (unpaired) electrons. The Bertz CT molecular complexity index is 1360. The second-order valence-electron chi connectivity index (χ2n) is 7.65. The highest BCUT2D eigenvalue weighted by atomic mass is 32.2. The van der Waals surface area contributed by atoms with Crippen molar-refractivity contribution in [2.24, 2.45) is 0 Å². The molecule has 1 fully saturated rings. The maximum Gasteiger partial charge on any atom is 0.294 e. The van der Waals surface area contributed by atoms with Crippen LogP contribution in [-0.4, -0.2) is 34.5 Å². The van der Waals surface area contributed by atoms with Gasteiger partial charge >= 0.3 is 0 Å². The van der Waals surface area contributed by atoms with Gasteiger partial charge < -0.3 is 19.6 Å². The van der Waals surface area contributed by atoms with Gasteiger partial charge in [-0.25, -0.2) is 0 Å². The van der Waals surface area contributed by atoms with Crippen LogP contribution in [-0.2, 0) is 9.59 Å². The van der Waals surface area contributed by atoms with Gasteiger partial charge in [-0.2, -0.15) is 0 Å². The van der Waals surface area contributed by atoms with Crippen molar-refractivity contribution in [1.29, 1.82) is 0 Å². The third-order valence-electron chi connectivity index (χ3n) is 5.20. The van der Waals surface area contributed by atoms with E-state index in [-0.39, 0.29) is 10.5 Å². The first-order chi connectivity index (χ1) is 16.2. The second-order valence-corrected chi connectivity index (χ2v) is 8.65. The summed E-state index contributed by atoms with van der Waals surface area (Å²) in [5.74, 6) is -1.65. The Labute approximate surface area is 199 Å². The predicted molar refractivity (Wildman–Crippen MR) is 126 cm³/mol. The van der Waals surface area contributed by atoms with Gasteiger partial charge in [0.15, 0.2) is 0 Å². The van der Waals surface area contributed by atoms with Crippen LogP contribution in [0, 0.1) is 13.8 Å². The average molecular weight is 476 g/mol. The van der Waals surface area contributed by atoms with Crippen molar-refractivity contribution in [3.63, 3.8) is 0 Å². The Kier molecular flexibility index (Phi) is 6.38. The summed E-state index contributed by atoms with van der Waals surface area (Å²) in [4.78, 5) is 49.7. The van der Waals surface area contributed by atoms with Crippen LogP contribution in [0.4, 0.5) is 10.5 Å². The summed E-state index contributed by atoms with van der Waals surface area (Å²) in [6, 6.07) is 15.2. The molecule has 2 heterocycles.